The van der Waals surface area contributed by atoms with Crippen molar-refractivity contribution in [2.24, 2.45) is 0 Å². The van der Waals surface area contributed by atoms with Gasteiger partial charge in [-0.25, -0.2) is 4.79 Å². The number of carbonyl (C=O) groups excluding carboxylic acids is 1. The van der Waals surface area contributed by atoms with E-state index >= 15 is 0 Å². The summed E-state index contributed by atoms with van der Waals surface area (Å²) >= 11 is 0. The topological polar surface area (TPSA) is 59.0 Å². The first-order chi connectivity index (χ1) is 7.19. The van der Waals surface area contributed by atoms with Gasteiger partial charge in [-0.3, -0.25) is 0 Å². The molecular formula is C10H19NO4. The Kier molecular flexibility index (Phi) is 4.84. The van der Waals surface area contributed by atoms with E-state index < -0.39 is 6.10 Å². The van der Waals surface area contributed by atoms with Crippen LogP contribution < -0.4 is 0 Å². The summed E-state index contributed by atoms with van der Waals surface area (Å²) in [5, 5.41) is 9.51. The van der Waals surface area contributed by atoms with E-state index in [1.54, 1.807) is 0 Å². The van der Waals surface area contributed by atoms with E-state index in [0.29, 0.717) is 19.7 Å². The number of nitrogens with zero attached hydrogens (tertiary/aromatic N) is 1. The zero-order valence-electron chi connectivity index (χ0n) is 9.31. The lowest BCUT2D eigenvalue weighted by molar-refractivity contribution is 0.0214. The van der Waals surface area contributed by atoms with Gasteiger partial charge in [-0.1, -0.05) is 13.3 Å². The third kappa shape index (κ3) is 3.35. The van der Waals surface area contributed by atoms with Gasteiger partial charge in [0.05, 0.1) is 25.8 Å². The minimum atomic E-state index is -0.603. The van der Waals surface area contributed by atoms with Crippen LogP contribution in [0.25, 0.3) is 0 Å². The normalized spacial score (nSPS) is 25.7. The van der Waals surface area contributed by atoms with Crippen LogP contribution in [0.1, 0.15) is 19.8 Å². The number of carbonyl (C=O) groups is 1. The molecule has 1 heterocycles. The first-order valence-electron chi connectivity index (χ1n) is 5.31. The summed E-state index contributed by atoms with van der Waals surface area (Å²) in [5.41, 5.74) is 0. The Morgan fingerprint density at radius 2 is 2.27 bits per heavy atom. The standard InChI is InChI=1S/C10H19NO4/c1-3-4-5-15-10(13)11-6-8(12)9(7-11)14-2/h8-9,12H,3-7H2,1-2H3/t8-,9-/m0/s1. The molecule has 88 valence electrons. The highest BCUT2D eigenvalue weighted by molar-refractivity contribution is 5.68. The highest BCUT2D eigenvalue weighted by Crippen LogP contribution is 2.13. The van der Waals surface area contributed by atoms with Crippen molar-refractivity contribution in [3.05, 3.63) is 0 Å². The Balaban J connectivity index is 2.29. The molecule has 1 aliphatic heterocycles. The third-order valence-electron chi connectivity index (χ3n) is 2.52. The molecule has 0 unspecified atom stereocenters. The van der Waals surface area contributed by atoms with Crippen LogP contribution in [0.3, 0.4) is 0 Å². The molecule has 15 heavy (non-hydrogen) atoms. The maximum Gasteiger partial charge on any atom is 0.409 e. The van der Waals surface area contributed by atoms with Crippen LogP contribution in [-0.4, -0.2) is 55.1 Å². The lowest BCUT2D eigenvalue weighted by Gasteiger charge is -2.15. The van der Waals surface area contributed by atoms with Gasteiger partial charge in [0.15, 0.2) is 0 Å². The fourth-order valence-corrected chi connectivity index (χ4v) is 1.53. The van der Waals surface area contributed by atoms with Crippen LogP contribution in [-0.2, 0) is 9.47 Å². The highest BCUT2D eigenvalue weighted by Gasteiger charge is 2.34. The number of hydrogen-bond acceptors (Lipinski definition) is 4. The van der Waals surface area contributed by atoms with Crippen molar-refractivity contribution in [2.75, 3.05) is 26.8 Å². The lowest BCUT2D eigenvalue weighted by Crippen LogP contribution is -2.30. The van der Waals surface area contributed by atoms with Gasteiger partial charge in [0.1, 0.15) is 6.10 Å². The van der Waals surface area contributed by atoms with Crippen molar-refractivity contribution in [3.8, 4) is 0 Å². The fraction of sp³-hybridized carbons (Fsp3) is 0.900. The molecule has 0 spiro atoms. The predicted octanol–water partition coefficient (Wildman–Crippen LogP) is 0.615. The Morgan fingerprint density at radius 1 is 1.53 bits per heavy atom. The smallest absolute Gasteiger partial charge is 0.409 e. The Hall–Kier alpha value is -0.810. The van der Waals surface area contributed by atoms with Crippen LogP contribution in [0, 0.1) is 0 Å². The molecule has 0 saturated carbocycles. The number of aliphatic hydroxyl groups excluding tert-OH is 1. The minimum absolute atomic E-state index is 0.288. The van der Waals surface area contributed by atoms with E-state index in [4.69, 9.17) is 9.47 Å². The first-order valence-corrected chi connectivity index (χ1v) is 5.31. The molecule has 5 nitrogen and oxygen atoms in total. The highest BCUT2D eigenvalue weighted by atomic mass is 16.6. The maximum absolute atomic E-state index is 11.5. The summed E-state index contributed by atoms with van der Waals surface area (Å²) in [7, 11) is 1.53. The molecule has 2 atom stereocenters. The molecule has 0 aromatic heterocycles. The first kappa shape index (κ1) is 12.3. The minimum Gasteiger partial charge on any atom is -0.449 e. The summed E-state index contributed by atoms with van der Waals surface area (Å²) in [4.78, 5) is 12.9. The number of amides is 1. The Morgan fingerprint density at radius 3 is 2.80 bits per heavy atom. The molecule has 1 rings (SSSR count). The third-order valence-corrected chi connectivity index (χ3v) is 2.52. The summed E-state index contributed by atoms with van der Waals surface area (Å²) in [6.07, 6.45) is 0.617. The van der Waals surface area contributed by atoms with Gasteiger partial charge < -0.3 is 19.5 Å². The second-order valence-corrected chi connectivity index (χ2v) is 3.71. The summed E-state index contributed by atoms with van der Waals surface area (Å²) in [5.74, 6) is 0. The number of ether oxygens (including phenoxy) is 2. The molecule has 1 amide bonds. The second-order valence-electron chi connectivity index (χ2n) is 3.71. The van der Waals surface area contributed by atoms with Crippen LogP contribution in [0.4, 0.5) is 4.79 Å². The van der Waals surface area contributed by atoms with E-state index in [2.05, 4.69) is 0 Å². The van der Waals surface area contributed by atoms with Gasteiger partial charge in [0.2, 0.25) is 0 Å². The number of likely N-dealkylation sites (tertiary alicyclic amines) is 1. The van der Waals surface area contributed by atoms with Crippen LogP contribution in [0.5, 0.6) is 0 Å². The molecule has 1 N–H and O–H groups in total. The summed E-state index contributed by atoms with van der Waals surface area (Å²) in [6, 6.07) is 0. The Labute approximate surface area is 90.0 Å². The fourth-order valence-electron chi connectivity index (χ4n) is 1.53. The largest absolute Gasteiger partial charge is 0.449 e. The zero-order valence-corrected chi connectivity index (χ0v) is 9.31. The number of unbranched alkanes of at least 4 members (excludes halogenated alkanes) is 1. The van der Waals surface area contributed by atoms with Gasteiger partial charge >= 0.3 is 6.09 Å². The van der Waals surface area contributed by atoms with E-state index in [9.17, 15) is 9.90 Å². The van der Waals surface area contributed by atoms with E-state index in [0.717, 1.165) is 12.8 Å². The number of methoxy groups -OCH3 is 1. The van der Waals surface area contributed by atoms with Gasteiger partial charge in [-0.2, -0.15) is 0 Å². The number of β-amino-alcohol motifs (C(OH)–C–C–N with tert-alkyl or cyclic N) is 1. The van der Waals surface area contributed by atoms with E-state index in [-0.39, 0.29) is 12.2 Å². The van der Waals surface area contributed by atoms with Gasteiger partial charge in [0.25, 0.3) is 0 Å². The molecule has 1 saturated heterocycles. The lowest BCUT2D eigenvalue weighted by atomic mass is 10.3. The molecule has 0 bridgehead atoms. The predicted molar refractivity (Wildman–Crippen MR) is 54.6 cm³/mol. The van der Waals surface area contributed by atoms with Crippen molar-refractivity contribution in [3.63, 3.8) is 0 Å². The SMILES string of the molecule is CCCCOC(=O)N1C[C@H](OC)[C@@H](O)C1. The zero-order chi connectivity index (χ0) is 11.3. The molecule has 0 aromatic rings. The van der Waals surface area contributed by atoms with Crippen LogP contribution in [0.2, 0.25) is 0 Å². The molecular weight excluding hydrogens is 198 g/mol. The summed E-state index contributed by atoms with van der Waals surface area (Å²) < 4.78 is 10.1. The molecule has 0 aliphatic carbocycles. The van der Waals surface area contributed by atoms with E-state index in [1.807, 2.05) is 6.92 Å². The van der Waals surface area contributed by atoms with Crippen molar-refractivity contribution < 1.29 is 19.4 Å². The van der Waals surface area contributed by atoms with Crippen molar-refractivity contribution >= 4 is 6.09 Å². The van der Waals surface area contributed by atoms with Crippen molar-refractivity contribution in [2.45, 2.75) is 32.0 Å². The van der Waals surface area contributed by atoms with E-state index in [1.165, 1.54) is 12.0 Å². The van der Waals surface area contributed by atoms with Crippen molar-refractivity contribution in [1.82, 2.24) is 4.90 Å². The molecule has 0 aromatic carbocycles. The monoisotopic (exact) mass is 217 g/mol. The van der Waals surface area contributed by atoms with Crippen LogP contribution >= 0.6 is 0 Å². The second kappa shape index (κ2) is 5.92. The molecule has 0 radical (unpaired) electrons. The quantitative estimate of drug-likeness (QED) is 0.701. The summed E-state index contributed by atoms with van der Waals surface area (Å²) in [6.45, 7) is 3.18. The molecule has 5 heteroatoms. The van der Waals surface area contributed by atoms with Crippen LogP contribution in [0.15, 0.2) is 0 Å². The molecule has 1 aliphatic rings. The number of aliphatic hydroxyl groups is 1. The number of rotatable bonds is 4. The maximum atomic E-state index is 11.5. The average molecular weight is 217 g/mol. The molecule has 1 fully saturated rings. The van der Waals surface area contributed by atoms with Gasteiger partial charge in [-0.15, -0.1) is 0 Å². The average Bonchev–Trinajstić information content (AvgIpc) is 2.60. The van der Waals surface area contributed by atoms with Crippen molar-refractivity contribution in [1.29, 1.82) is 0 Å². The number of hydrogen-bond donors (Lipinski definition) is 1. The van der Waals surface area contributed by atoms with Gasteiger partial charge in [0, 0.05) is 7.11 Å². The Bertz CT molecular complexity index is 210. The van der Waals surface area contributed by atoms with Gasteiger partial charge in [-0.05, 0) is 6.42 Å².